The molecule has 0 fully saturated rings. The molecule has 1 aromatic carbocycles. The van der Waals surface area contributed by atoms with Gasteiger partial charge in [-0.05, 0) is 38.0 Å². The van der Waals surface area contributed by atoms with Crippen molar-refractivity contribution in [1.29, 1.82) is 0 Å². The molecule has 5 nitrogen and oxygen atoms in total. The molecule has 4 N–H and O–H groups in total. The molecule has 5 heteroatoms. The van der Waals surface area contributed by atoms with Crippen LogP contribution in [0.2, 0.25) is 0 Å². The fourth-order valence-electron chi connectivity index (χ4n) is 1.71. The first-order valence-corrected chi connectivity index (χ1v) is 6.72. The number of nitrogens with two attached hydrogens (primary N) is 1. The Bertz CT molecular complexity index is 508. The van der Waals surface area contributed by atoms with E-state index in [1.807, 2.05) is 26.8 Å². The summed E-state index contributed by atoms with van der Waals surface area (Å²) in [5, 5.41) is 5.44. The maximum Gasteiger partial charge on any atom is 0.251 e. The summed E-state index contributed by atoms with van der Waals surface area (Å²) in [6.45, 7) is 5.93. The third-order valence-electron chi connectivity index (χ3n) is 3.75. The van der Waals surface area contributed by atoms with Crippen molar-refractivity contribution in [2.45, 2.75) is 27.2 Å². The number of hydrogen-bond donors (Lipinski definition) is 3. The summed E-state index contributed by atoms with van der Waals surface area (Å²) in [4.78, 5) is 23.9. The summed E-state index contributed by atoms with van der Waals surface area (Å²) in [5.74, 6) is -0.308. The Morgan fingerprint density at radius 2 is 2.00 bits per heavy atom. The normalized spacial score (nSPS) is 13.4. The van der Waals surface area contributed by atoms with Crippen LogP contribution in [0.3, 0.4) is 0 Å². The van der Waals surface area contributed by atoms with Crippen molar-refractivity contribution in [3.8, 4) is 0 Å². The van der Waals surface area contributed by atoms with Gasteiger partial charge in [0.2, 0.25) is 5.91 Å². The SMILES string of the molecule is CCC(C)(CN)C(=O)Nc1cc(C(=O)NC)ccc1C. The standard InChI is InChI=1S/C15H23N3O2/c1-5-15(3,9-16)14(20)18-12-8-11(13(19)17-4)7-6-10(12)2/h6-8H,5,9,16H2,1-4H3,(H,17,19)(H,18,20). The Balaban J connectivity index is 3.03. The average Bonchev–Trinajstić information content (AvgIpc) is 2.47. The molecule has 0 saturated carbocycles. The molecule has 0 saturated heterocycles. The van der Waals surface area contributed by atoms with Gasteiger partial charge in [-0.25, -0.2) is 0 Å². The van der Waals surface area contributed by atoms with Crippen LogP contribution in [0.25, 0.3) is 0 Å². The molecule has 0 heterocycles. The summed E-state index contributed by atoms with van der Waals surface area (Å²) >= 11 is 0. The minimum atomic E-state index is -0.602. The molecule has 0 aliphatic heterocycles. The van der Waals surface area contributed by atoms with Crippen molar-refractivity contribution in [2.75, 3.05) is 18.9 Å². The average molecular weight is 277 g/mol. The van der Waals surface area contributed by atoms with Gasteiger partial charge in [-0.3, -0.25) is 9.59 Å². The highest BCUT2D eigenvalue weighted by Gasteiger charge is 2.30. The van der Waals surface area contributed by atoms with Gasteiger partial charge < -0.3 is 16.4 Å². The van der Waals surface area contributed by atoms with E-state index in [0.717, 1.165) is 5.56 Å². The Morgan fingerprint density at radius 1 is 1.35 bits per heavy atom. The van der Waals surface area contributed by atoms with Crippen molar-refractivity contribution < 1.29 is 9.59 Å². The highest BCUT2D eigenvalue weighted by atomic mass is 16.2. The summed E-state index contributed by atoms with van der Waals surface area (Å²) < 4.78 is 0. The lowest BCUT2D eigenvalue weighted by Crippen LogP contribution is -2.39. The summed E-state index contributed by atoms with van der Waals surface area (Å²) in [6, 6.07) is 5.22. The highest BCUT2D eigenvalue weighted by Crippen LogP contribution is 2.24. The van der Waals surface area contributed by atoms with Crippen molar-refractivity contribution in [1.82, 2.24) is 5.32 Å². The van der Waals surface area contributed by atoms with Crippen LogP contribution in [0.5, 0.6) is 0 Å². The van der Waals surface area contributed by atoms with Gasteiger partial charge in [-0.15, -0.1) is 0 Å². The number of aryl methyl sites for hydroxylation is 1. The molecule has 1 aromatic rings. The fraction of sp³-hybridized carbons (Fsp3) is 0.467. The lowest BCUT2D eigenvalue weighted by Gasteiger charge is -2.25. The largest absolute Gasteiger partial charge is 0.355 e. The Hall–Kier alpha value is -1.88. The van der Waals surface area contributed by atoms with Gasteiger partial charge in [-0.2, -0.15) is 0 Å². The number of anilines is 1. The van der Waals surface area contributed by atoms with E-state index in [0.29, 0.717) is 17.7 Å². The number of carbonyl (C=O) groups excluding carboxylic acids is 2. The van der Waals surface area contributed by atoms with Crippen molar-refractivity contribution >= 4 is 17.5 Å². The van der Waals surface area contributed by atoms with E-state index in [9.17, 15) is 9.59 Å². The smallest absolute Gasteiger partial charge is 0.251 e. The highest BCUT2D eigenvalue weighted by molar-refractivity contribution is 5.99. The number of rotatable bonds is 5. The summed E-state index contributed by atoms with van der Waals surface area (Å²) in [7, 11) is 1.57. The monoisotopic (exact) mass is 277 g/mol. The molecule has 1 atom stereocenters. The van der Waals surface area contributed by atoms with E-state index < -0.39 is 5.41 Å². The molecule has 110 valence electrons. The molecule has 0 aromatic heterocycles. The zero-order chi connectivity index (χ0) is 15.3. The van der Waals surface area contributed by atoms with E-state index in [4.69, 9.17) is 5.73 Å². The Kier molecular flexibility index (Phi) is 5.27. The zero-order valence-electron chi connectivity index (χ0n) is 12.5. The molecule has 0 aliphatic rings. The number of carbonyl (C=O) groups is 2. The lowest BCUT2D eigenvalue weighted by atomic mass is 9.86. The molecule has 0 spiro atoms. The summed E-state index contributed by atoms with van der Waals surface area (Å²) in [6.07, 6.45) is 0.656. The second kappa shape index (κ2) is 6.52. The van der Waals surface area contributed by atoms with E-state index >= 15 is 0 Å². The van der Waals surface area contributed by atoms with Gasteiger partial charge >= 0.3 is 0 Å². The predicted octanol–water partition coefficient (Wildman–Crippen LogP) is 1.67. The van der Waals surface area contributed by atoms with Crippen LogP contribution in [0.4, 0.5) is 5.69 Å². The third-order valence-corrected chi connectivity index (χ3v) is 3.75. The molecule has 0 aliphatic carbocycles. The van der Waals surface area contributed by atoms with Gasteiger partial charge in [0.1, 0.15) is 0 Å². The molecule has 0 radical (unpaired) electrons. The minimum Gasteiger partial charge on any atom is -0.355 e. The third kappa shape index (κ3) is 3.36. The Labute approximate surface area is 119 Å². The van der Waals surface area contributed by atoms with Gasteiger partial charge in [0.05, 0.1) is 5.41 Å². The second-order valence-electron chi connectivity index (χ2n) is 5.18. The maximum atomic E-state index is 12.3. The first-order valence-electron chi connectivity index (χ1n) is 6.72. The number of amides is 2. The van der Waals surface area contributed by atoms with Gasteiger partial charge in [0, 0.05) is 24.8 Å². The van der Waals surface area contributed by atoms with E-state index in [2.05, 4.69) is 10.6 Å². The van der Waals surface area contributed by atoms with Gasteiger partial charge in [0.25, 0.3) is 5.91 Å². The number of nitrogens with one attached hydrogen (secondary N) is 2. The predicted molar refractivity (Wildman–Crippen MR) is 80.7 cm³/mol. The minimum absolute atomic E-state index is 0.125. The fourth-order valence-corrected chi connectivity index (χ4v) is 1.71. The molecular formula is C15H23N3O2. The summed E-state index contributed by atoms with van der Waals surface area (Å²) in [5.41, 5.74) is 7.14. The van der Waals surface area contributed by atoms with Crippen LogP contribution in [0, 0.1) is 12.3 Å². The number of hydrogen-bond acceptors (Lipinski definition) is 3. The van der Waals surface area contributed by atoms with E-state index in [1.165, 1.54) is 0 Å². The maximum absolute atomic E-state index is 12.3. The van der Waals surface area contributed by atoms with Crippen LogP contribution in [0.1, 0.15) is 36.2 Å². The van der Waals surface area contributed by atoms with Crippen molar-refractivity contribution in [3.63, 3.8) is 0 Å². The van der Waals surface area contributed by atoms with Crippen LogP contribution in [-0.2, 0) is 4.79 Å². The van der Waals surface area contributed by atoms with Gasteiger partial charge in [0.15, 0.2) is 0 Å². The first kappa shape index (κ1) is 16.2. The first-order chi connectivity index (χ1) is 9.37. The van der Waals surface area contributed by atoms with Crippen LogP contribution >= 0.6 is 0 Å². The molecule has 0 bridgehead atoms. The molecule has 20 heavy (non-hydrogen) atoms. The lowest BCUT2D eigenvalue weighted by molar-refractivity contribution is -0.124. The Morgan fingerprint density at radius 3 is 2.50 bits per heavy atom. The van der Waals surface area contributed by atoms with Crippen molar-refractivity contribution in [2.24, 2.45) is 11.1 Å². The molecule has 1 rings (SSSR count). The molecule has 2 amide bonds. The molecule has 1 unspecified atom stereocenters. The van der Waals surface area contributed by atoms with Gasteiger partial charge in [-0.1, -0.05) is 13.0 Å². The van der Waals surface area contributed by atoms with Crippen LogP contribution in [-0.4, -0.2) is 25.4 Å². The topological polar surface area (TPSA) is 84.2 Å². The molecular weight excluding hydrogens is 254 g/mol. The van der Waals surface area contributed by atoms with Crippen LogP contribution in [0.15, 0.2) is 18.2 Å². The zero-order valence-corrected chi connectivity index (χ0v) is 12.5. The second-order valence-corrected chi connectivity index (χ2v) is 5.18. The van der Waals surface area contributed by atoms with E-state index in [-0.39, 0.29) is 18.4 Å². The quantitative estimate of drug-likeness (QED) is 0.765. The number of benzene rings is 1. The van der Waals surface area contributed by atoms with Crippen LogP contribution < -0.4 is 16.4 Å². The van der Waals surface area contributed by atoms with Crippen molar-refractivity contribution in [3.05, 3.63) is 29.3 Å². The van der Waals surface area contributed by atoms with E-state index in [1.54, 1.807) is 19.2 Å².